The molecule has 0 saturated carbocycles. The summed E-state index contributed by atoms with van der Waals surface area (Å²) in [6.45, 7) is 22.2. The van der Waals surface area contributed by atoms with Gasteiger partial charge in [-0.15, -0.1) is 0 Å². The van der Waals surface area contributed by atoms with Gasteiger partial charge in [-0.3, -0.25) is 0 Å². The van der Waals surface area contributed by atoms with Gasteiger partial charge < -0.3 is 5.11 Å². The zero-order valence-electron chi connectivity index (χ0n) is 27.6. The van der Waals surface area contributed by atoms with Gasteiger partial charge in [0, 0.05) is 5.92 Å². The Balaban J connectivity index is 1.89. The summed E-state index contributed by atoms with van der Waals surface area (Å²) in [7, 11) is 0. The second kappa shape index (κ2) is 15.9. The molecule has 0 aromatic carbocycles. The van der Waals surface area contributed by atoms with E-state index in [9.17, 15) is 5.11 Å². The third kappa shape index (κ3) is 11.9. The molecule has 0 radical (unpaired) electrons. The van der Waals surface area contributed by atoms with Gasteiger partial charge in [0.15, 0.2) is 0 Å². The minimum Gasteiger partial charge on any atom is -0.389 e. The summed E-state index contributed by atoms with van der Waals surface area (Å²) < 4.78 is 0. The molecule has 0 unspecified atom stereocenters. The molecule has 0 aromatic rings. The van der Waals surface area contributed by atoms with Crippen LogP contribution in [0.3, 0.4) is 0 Å². The molecule has 0 heterocycles. The van der Waals surface area contributed by atoms with Gasteiger partial charge in [0.25, 0.3) is 0 Å². The van der Waals surface area contributed by atoms with Crippen LogP contribution in [0.15, 0.2) is 130 Å². The fourth-order valence-corrected chi connectivity index (χ4v) is 5.97. The fraction of sp³-hybridized carbons (Fsp3) is 0.450. The minimum absolute atomic E-state index is 0.0649. The van der Waals surface area contributed by atoms with Gasteiger partial charge in [0.1, 0.15) is 0 Å². The summed E-state index contributed by atoms with van der Waals surface area (Å²) in [5.41, 5.74) is 9.56. The van der Waals surface area contributed by atoms with Gasteiger partial charge in [-0.25, -0.2) is 0 Å². The zero-order chi connectivity index (χ0) is 30.6. The first-order valence-corrected chi connectivity index (χ1v) is 15.4. The molecule has 0 bridgehead atoms. The smallest absolute Gasteiger partial charge is 0.0729 e. The average molecular weight is 553 g/mol. The average Bonchev–Trinajstić information content (AvgIpc) is 2.84. The largest absolute Gasteiger partial charge is 0.389 e. The molecule has 1 N–H and O–H groups in total. The Bertz CT molecular complexity index is 1240. The first-order valence-electron chi connectivity index (χ1n) is 15.4. The molecule has 0 aliphatic heterocycles. The lowest BCUT2D eigenvalue weighted by Gasteiger charge is -2.38. The molecule has 0 spiro atoms. The van der Waals surface area contributed by atoms with Crippen molar-refractivity contribution in [3.8, 4) is 0 Å². The molecule has 222 valence electrons. The summed E-state index contributed by atoms with van der Waals surface area (Å²) in [6, 6.07) is 0. The number of allylic oxidation sites excluding steroid dienone is 21. The van der Waals surface area contributed by atoms with Crippen molar-refractivity contribution in [1.82, 2.24) is 0 Å². The normalized spacial score (nSPS) is 25.1. The van der Waals surface area contributed by atoms with Crippen molar-refractivity contribution < 1.29 is 5.11 Å². The predicted molar refractivity (Wildman–Crippen MR) is 183 cm³/mol. The van der Waals surface area contributed by atoms with Crippen LogP contribution in [0.25, 0.3) is 0 Å². The number of aliphatic hydroxyl groups excluding tert-OH is 1. The van der Waals surface area contributed by atoms with Crippen LogP contribution < -0.4 is 0 Å². The van der Waals surface area contributed by atoms with E-state index in [4.69, 9.17) is 0 Å². The monoisotopic (exact) mass is 552 g/mol. The summed E-state index contributed by atoms with van der Waals surface area (Å²) in [5, 5.41) is 10.1. The molecule has 2 aliphatic rings. The van der Waals surface area contributed by atoms with E-state index < -0.39 is 0 Å². The van der Waals surface area contributed by atoms with Crippen molar-refractivity contribution in [1.29, 1.82) is 0 Å². The van der Waals surface area contributed by atoms with Gasteiger partial charge in [0.2, 0.25) is 0 Å². The molecular weight excluding hydrogens is 496 g/mol. The molecule has 0 fully saturated rings. The van der Waals surface area contributed by atoms with Gasteiger partial charge in [0.05, 0.1) is 6.10 Å². The van der Waals surface area contributed by atoms with E-state index in [1.54, 1.807) is 5.57 Å². The second-order valence-corrected chi connectivity index (χ2v) is 13.5. The van der Waals surface area contributed by atoms with E-state index in [1.807, 2.05) is 6.08 Å². The molecule has 1 heteroatoms. The van der Waals surface area contributed by atoms with Crippen LogP contribution in [-0.2, 0) is 0 Å². The Hall–Kier alpha value is -2.90. The Morgan fingerprint density at radius 3 is 1.80 bits per heavy atom. The minimum atomic E-state index is -0.325. The van der Waals surface area contributed by atoms with E-state index in [2.05, 4.69) is 154 Å². The van der Waals surface area contributed by atoms with Crippen LogP contribution in [0.5, 0.6) is 0 Å². The van der Waals surface area contributed by atoms with Crippen LogP contribution in [0.2, 0.25) is 0 Å². The van der Waals surface area contributed by atoms with Crippen LogP contribution in [0.1, 0.15) is 94.9 Å². The zero-order valence-corrected chi connectivity index (χ0v) is 27.6. The van der Waals surface area contributed by atoms with Gasteiger partial charge in [-0.2, -0.15) is 0 Å². The Morgan fingerprint density at radius 1 is 0.756 bits per heavy atom. The highest BCUT2D eigenvalue weighted by molar-refractivity contribution is 5.37. The second-order valence-electron chi connectivity index (χ2n) is 13.5. The van der Waals surface area contributed by atoms with E-state index >= 15 is 0 Å². The number of hydrogen-bond donors (Lipinski definition) is 1. The number of hydrogen-bond acceptors (Lipinski definition) is 1. The topological polar surface area (TPSA) is 20.2 Å². The van der Waals surface area contributed by atoms with Crippen LogP contribution in [0.4, 0.5) is 0 Å². The third-order valence-corrected chi connectivity index (χ3v) is 8.40. The molecule has 2 rings (SSSR count). The van der Waals surface area contributed by atoms with Crippen molar-refractivity contribution in [3.63, 3.8) is 0 Å². The molecular formula is C40H56O. The SMILES string of the molecule is CC1=C[C@H](O)CC(C)(C)[C@H]1/C=C/C(C)=C/C=C/C(C)=C/C=C/C=C(C)/C=C/C=C(\C)C=CC1=C(C)CCCC1(C)C. The highest BCUT2D eigenvalue weighted by Crippen LogP contribution is 2.42. The highest BCUT2D eigenvalue weighted by atomic mass is 16.3. The predicted octanol–water partition coefficient (Wildman–Crippen LogP) is 11.4. The van der Waals surface area contributed by atoms with Crippen molar-refractivity contribution in [2.45, 2.75) is 101 Å². The molecule has 0 aromatic heterocycles. The van der Waals surface area contributed by atoms with Crippen molar-refractivity contribution in [2.75, 3.05) is 0 Å². The van der Waals surface area contributed by atoms with Crippen LogP contribution in [-0.4, -0.2) is 11.2 Å². The van der Waals surface area contributed by atoms with Gasteiger partial charge in [-0.1, -0.05) is 152 Å². The lowest BCUT2D eigenvalue weighted by molar-refractivity contribution is 0.117. The quantitative estimate of drug-likeness (QED) is 0.211. The lowest BCUT2D eigenvalue weighted by atomic mass is 9.67. The van der Waals surface area contributed by atoms with E-state index in [-0.39, 0.29) is 16.9 Å². The molecule has 0 saturated heterocycles. The Labute approximate surface area is 252 Å². The summed E-state index contributed by atoms with van der Waals surface area (Å²) in [6.07, 6.45) is 36.7. The number of rotatable bonds is 10. The maximum atomic E-state index is 10.1. The van der Waals surface area contributed by atoms with E-state index in [0.717, 1.165) is 6.42 Å². The molecule has 41 heavy (non-hydrogen) atoms. The van der Waals surface area contributed by atoms with Gasteiger partial charge in [-0.05, 0) is 83.6 Å². The molecule has 2 atom stereocenters. The van der Waals surface area contributed by atoms with E-state index in [1.165, 1.54) is 52.7 Å². The van der Waals surface area contributed by atoms with Crippen LogP contribution >= 0.6 is 0 Å². The van der Waals surface area contributed by atoms with E-state index in [0.29, 0.717) is 5.92 Å². The Morgan fingerprint density at radius 2 is 1.27 bits per heavy atom. The maximum absolute atomic E-state index is 10.1. The molecule has 0 amide bonds. The molecule has 2 aliphatic carbocycles. The lowest BCUT2D eigenvalue weighted by Crippen LogP contribution is -2.32. The highest BCUT2D eigenvalue weighted by Gasteiger charge is 2.34. The van der Waals surface area contributed by atoms with Crippen molar-refractivity contribution in [2.24, 2.45) is 16.7 Å². The Kier molecular flexibility index (Phi) is 13.3. The summed E-state index contributed by atoms with van der Waals surface area (Å²) in [4.78, 5) is 0. The maximum Gasteiger partial charge on any atom is 0.0729 e. The van der Waals surface area contributed by atoms with Gasteiger partial charge >= 0.3 is 0 Å². The first kappa shape index (κ1) is 34.3. The fourth-order valence-electron chi connectivity index (χ4n) is 5.97. The first-order chi connectivity index (χ1) is 19.2. The number of aliphatic hydroxyl groups is 1. The van der Waals surface area contributed by atoms with Crippen LogP contribution in [0, 0.1) is 16.7 Å². The van der Waals surface area contributed by atoms with Crippen molar-refractivity contribution in [3.05, 3.63) is 130 Å². The van der Waals surface area contributed by atoms with Crippen molar-refractivity contribution >= 4 is 0 Å². The summed E-state index contributed by atoms with van der Waals surface area (Å²) >= 11 is 0. The molecule has 1 nitrogen and oxygen atoms in total. The standard InChI is InChI=1S/C40H56O/c1-30(18-13-20-32(3)23-25-37-34(5)22-15-27-39(37,7)8)16-11-12-17-31(2)19-14-21-33(4)24-26-38-35(6)28-36(41)29-40(38,9)10/h11-14,16-21,23-26,28,36,38,41H,15,22,27,29H2,1-10H3/b12-11+,18-13+,19-14+,25-23?,26-24+,30-16+,31-17+,32-20+,33-21+/t36-,38-/m0/s1. The summed E-state index contributed by atoms with van der Waals surface area (Å²) in [5.74, 6) is 0.356. The third-order valence-electron chi connectivity index (χ3n) is 8.40.